The predicted octanol–water partition coefficient (Wildman–Crippen LogP) is 2.94. The average Bonchev–Trinajstić information content (AvgIpc) is 2.78. The summed E-state index contributed by atoms with van der Waals surface area (Å²) in [4.78, 5) is 32.7. The molecule has 0 unspecified atom stereocenters. The van der Waals surface area contributed by atoms with Crippen LogP contribution >= 0.6 is 0 Å². The van der Waals surface area contributed by atoms with Gasteiger partial charge in [-0.05, 0) is 36.8 Å². The fourth-order valence-corrected chi connectivity index (χ4v) is 3.83. The van der Waals surface area contributed by atoms with Gasteiger partial charge in [0.2, 0.25) is 11.8 Å². The van der Waals surface area contributed by atoms with Gasteiger partial charge in [-0.25, -0.2) is 0 Å². The highest BCUT2D eigenvalue weighted by Gasteiger charge is 2.23. The van der Waals surface area contributed by atoms with E-state index in [1.165, 1.54) is 11.1 Å². The Kier molecular flexibility index (Phi) is 11.0. The number of piperazine rings is 1. The largest absolute Gasteiger partial charge is 0.356 e. The van der Waals surface area contributed by atoms with E-state index in [2.05, 4.69) is 48.5 Å². The van der Waals surface area contributed by atoms with Gasteiger partial charge in [0.1, 0.15) is 0 Å². The maximum absolute atomic E-state index is 12.5. The number of aliphatic imine (C=N–C) groups is 1. The summed E-state index contributed by atoms with van der Waals surface area (Å²) >= 11 is 0. The fourth-order valence-electron chi connectivity index (χ4n) is 3.83. The molecule has 1 fully saturated rings. The molecular formula is C25H41N5O2. The van der Waals surface area contributed by atoms with Crippen molar-refractivity contribution in [3.63, 3.8) is 0 Å². The van der Waals surface area contributed by atoms with Gasteiger partial charge >= 0.3 is 0 Å². The molecule has 178 valence electrons. The quantitative estimate of drug-likeness (QED) is 0.331. The number of benzene rings is 1. The Balaban J connectivity index is 1.55. The van der Waals surface area contributed by atoms with Gasteiger partial charge in [0.25, 0.3) is 0 Å². The van der Waals surface area contributed by atoms with Crippen LogP contribution in [0.2, 0.25) is 0 Å². The summed E-state index contributed by atoms with van der Waals surface area (Å²) in [6, 6.07) is 8.33. The molecule has 7 heteroatoms. The Bertz CT molecular complexity index is 754. The molecule has 1 aliphatic rings. The summed E-state index contributed by atoms with van der Waals surface area (Å²) in [7, 11) is 1.78. The van der Waals surface area contributed by atoms with Crippen molar-refractivity contribution in [1.82, 2.24) is 20.4 Å². The second kappa shape index (κ2) is 13.8. The van der Waals surface area contributed by atoms with E-state index in [1.54, 1.807) is 7.05 Å². The second-order valence-electron chi connectivity index (χ2n) is 8.95. The van der Waals surface area contributed by atoms with Crippen molar-refractivity contribution in [2.75, 3.05) is 39.8 Å². The topological polar surface area (TPSA) is 77.0 Å². The molecule has 2 rings (SSSR count). The van der Waals surface area contributed by atoms with Crippen molar-refractivity contribution in [1.29, 1.82) is 0 Å². The van der Waals surface area contributed by atoms with Gasteiger partial charge < -0.3 is 20.4 Å². The Labute approximate surface area is 193 Å². The van der Waals surface area contributed by atoms with E-state index in [4.69, 9.17) is 0 Å². The van der Waals surface area contributed by atoms with E-state index in [0.29, 0.717) is 44.9 Å². The van der Waals surface area contributed by atoms with E-state index in [0.717, 1.165) is 38.3 Å². The molecule has 1 aromatic carbocycles. The first-order chi connectivity index (χ1) is 15.4. The summed E-state index contributed by atoms with van der Waals surface area (Å²) < 4.78 is 0. The van der Waals surface area contributed by atoms with Gasteiger partial charge in [0, 0.05) is 59.2 Å². The lowest BCUT2D eigenvalue weighted by molar-refractivity contribution is -0.140. The van der Waals surface area contributed by atoms with E-state index >= 15 is 0 Å². The normalized spacial score (nSPS) is 14.6. The number of carbonyl (C=O) groups excluding carboxylic acids is 2. The van der Waals surface area contributed by atoms with Crippen molar-refractivity contribution in [2.24, 2.45) is 10.9 Å². The summed E-state index contributed by atoms with van der Waals surface area (Å²) in [6.07, 6.45) is 4.06. The van der Waals surface area contributed by atoms with E-state index in [1.807, 2.05) is 21.9 Å². The minimum absolute atomic E-state index is 0.211. The molecule has 1 aliphatic heterocycles. The van der Waals surface area contributed by atoms with Crippen LogP contribution in [0.5, 0.6) is 0 Å². The first kappa shape index (κ1) is 25.7. The summed E-state index contributed by atoms with van der Waals surface area (Å²) in [5.41, 5.74) is 2.53. The number of nitrogens with one attached hydrogen (secondary N) is 2. The number of carbonyl (C=O) groups is 2. The van der Waals surface area contributed by atoms with Crippen LogP contribution in [0.15, 0.2) is 29.3 Å². The molecule has 0 bridgehead atoms. The molecule has 0 radical (unpaired) electrons. The molecule has 7 nitrogen and oxygen atoms in total. The van der Waals surface area contributed by atoms with Crippen molar-refractivity contribution in [2.45, 2.75) is 59.4 Å². The molecule has 1 saturated heterocycles. The Hall–Kier alpha value is -2.57. The van der Waals surface area contributed by atoms with Gasteiger partial charge in [0.05, 0.1) is 0 Å². The molecule has 0 aromatic heterocycles. The van der Waals surface area contributed by atoms with Crippen LogP contribution in [0, 0.1) is 12.8 Å². The van der Waals surface area contributed by atoms with E-state index in [-0.39, 0.29) is 11.8 Å². The molecular weight excluding hydrogens is 402 g/mol. The third kappa shape index (κ3) is 8.89. The third-order valence-electron chi connectivity index (χ3n) is 5.86. The molecule has 1 heterocycles. The van der Waals surface area contributed by atoms with Gasteiger partial charge in [0.15, 0.2) is 5.96 Å². The standard InChI is InChI=1S/C25H41N5O2/c1-20(2)18-24(32)30-16-14-29(15-17-30)23(31)12-6-5-9-13-27-25(26-4)28-19-22-11-8-7-10-21(22)3/h7-8,10-11,20H,5-6,9,12-19H2,1-4H3,(H2,26,27,28). The summed E-state index contributed by atoms with van der Waals surface area (Å²) in [5.74, 6) is 1.60. The first-order valence-electron chi connectivity index (χ1n) is 11.9. The van der Waals surface area contributed by atoms with Crippen molar-refractivity contribution in [3.8, 4) is 0 Å². The van der Waals surface area contributed by atoms with Crippen LogP contribution in [-0.2, 0) is 16.1 Å². The number of amides is 2. The van der Waals surface area contributed by atoms with Gasteiger partial charge in [-0.15, -0.1) is 0 Å². The van der Waals surface area contributed by atoms with Crippen LogP contribution < -0.4 is 10.6 Å². The number of rotatable bonds is 10. The molecule has 32 heavy (non-hydrogen) atoms. The highest BCUT2D eigenvalue weighted by molar-refractivity contribution is 5.79. The minimum Gasteiger partial charge on any atom is -0.356 e. The maximum atomic E-state index is 12.5. The fraction of sp³-hybridized carbons (Fsp3) is 0.640. The average molecular weight is 444 g/mol. The molecule has 0 spiro atoms. The zero-order valence-electron chi connectivity index (χ0n) is 20.3. The van der Waals surface area contributed by atoms with Crippen LogP contribution in [0.25, 0.3) is 0 Å². The van der Waals surface area contributed by atoms with Crippen molar-refractivity contribution < 1.29 is 9.59 Å². The number of hydrogen-bond acceptors (Lipinski definition) is 3. The number of aryl methyl sites for hydroxylation is 1. The van der Waals surface area contributed by atoms with Crippen LogP contribution in [0.3, 0.4) is 0 Å². The number of hydrogen-bond donors (Lipinski definition) is 2. The Morgan fingerprint density at radius 2 is 1.62 bits per heavy atom. The Morgan fingerprint density at radius 1 is 0.969 bits per heavy atom. The molecule has 1 aromatic rings. The van der Waals surface area contributed by atoms with Crippen LogP contribution in [0.1, 0.15) is 57.1 Å². The monoisotopic (exact) mass is 443 g/mol. The number of guanidine groups is 1. The Morgan fingerprint density at radius 3 is 2.25 bits per heavy atom. The third-order valence-corrected chi connectivity index (χ3v) is 5.86. The lowest BCUT2D eigenvalue weighted by Crippen LogP contribution is -2.50. The summed E-state index contributed by atoms with van der Waals surface area (Å²) in [6.45, 7) is 10.5. The van der Waals surface area contributed by atoms with Gasteiger partial charge in [-0.1, -0.05) is 44.5 Å². The first-order valence-corrected chi connectivity index (χ1v) is 11.9. The smallest absolute Gasteiger partial charge is 0.222 e. The van der Waals surface area contributed by atoms with Crippen LogP contribution in [0.4, 0.5) is 0 Å². The maximum Gasteiger partial charge on any atom is 0.222 e. The lowest BCUT2D eigenvalue weighted by Gasteiger charge is -2.35. The highest BCUT2D eigenvalue weighted by atomic mass is 16.2. The second-order valence-corrected chi connectivity index (χ2v) is 8.95. The van der Waals surface area contributed by atoms with E-state index in [9.17, 15) is 9.59 Å². The molecule has 2 N–H and O–H groups in total. The molecule has 2 amide bonds. The highest BCUT2D eigenvalue weighted by Crippen LogP contribution is 2.11. The number of nitrogens with zero attached hydrogens (tertiary/aromatic N) is 3. The SMILES string of the molecule is CN=C(NCCCCCC(=O)N1CCN(C(=O)CC(C)C)CC1)NCc1ccccc1C. The van der Waals surface area contributed by atoms with Crippen molar-refractivity contribution in [3.05, 3.63) is 35.4 Å². The van der Waals surface area contributed by atoms with Gasteiger partial charge in [-0.2, -0.15) is 0 Å². The van der Waals surface area contributed by atoms with E-state index < -0.39 is 0 Å². The molecule has 0 atom stereocenters. The molecule has 0 aliphatic carbocycles. The zero-order chi connectivity index (χ0) is 23.3. The molecule has 0 saturated carbocycles. The van der Waals surface area contributed by atoms with Gasteiger partial charge in [-0.3, -0.25) is 14.6 Å². The minimum atomic E-state index is 0.211. The predicted molar refractivity (Wildman–Crippen MR) is 130 cm³/mol. The van der Waals surface area contributed by atoms with Crippen LogP contribution in [-0.4, -0.2) is 67.3 Å². The van der Waals surface area contributed by atoms with Crippen molar-refractivity contribution >= 4 is 17.8 Å². The number of unbranched alkanes of at least 4 members (excludes halogenated alkanes) is 2. The zero-order valence-corrected chi connectivity index (χ0v) is 20.3. The lowest BCUT2D eigenvalue weighted by atomic mass is 10.1. The summed E-state index contributed by atoms with van der Waals surface area (Å²) in [5, 5.41) is 6.70.